The van der Waals surface area contributed by atoms with Gasteiger partial charge in [0.05, 0.1) is 0 Å². The Morgan fingerprint density at radius 2 is 0.476 bits per heavy atom. The molecular formula is C52H65Cu5LaN10O14+. The number of nitrogens with zero attached hydrogens (tertiary/aromatic N) is 5. The van der Waals surface area contributed by atoms with Crippen LogP contribution in [-0.4, -0.2) is 123 Å². The van der Waals surface area contributed by atoms with Crippen LogP contribution in [0.2, 0.25) is 0 Å². The number of rotatable bonds is 21. The minimum Gasteiger partial charge on any atom is -0.667 e. The van der Waals surface area contributed by atoms with Gasteiger partial charge in [0, 0.05) is 11.9 Å². The summed E-state index contributed by atoms with van der Waals surface area (Å²) in [4.78, 5) is 19.7. The summed E-state index contributed by atoms with van der Waals surface area (Å²) >= 11 is 0. The van der Waals surface area contributed by atoms with Crippen LogP contribution in [0.5, 0.6) is 0 Å². The molecule has 5 rings (SSSR count). The molecule has 5 aromatic carbocycles. The normalized spacial score (nSPS) is 12.4. The van der Waals surface area contributed by atoms with E-state index in [0.717, 1.165) is 27.8 Å². The zero-order chi connectivity index (χ0) is 57.1. The van der Waals surface area contributed by atoms with Gasteiger partial charge >= 0.3 is 121 Å². The zero-order valence-corrected chi connectivity index (χ0v) is 51.7. The Morgan fingerprint density at radius 3 is 0.598 bits per heavy atom. The SMILES string of the molecule is O=C([O-])CCCCCC(=O)[O-].[Cu+].[Cu+].[Cu+].[Cu+].[Cu+].[La+3].[NH-][C@@H](Cc1ccccc1)/C(O)=N/O.[NH-][C@@H](Cc1ccccc1)/C(O)=N/O.[NH-][C@@H](Cc1ccccc1)/C(O)=N/O.[NH-][C@@H](Cc1ccccc1)/C(O)=N/O.[NH-][C@@H](Cc1ccccc1)/C(O)=N/O. The number of carboxylic acid groups (broad SMARTS) is 2. The van der Waals surface area contributed by atoms with Crippen LogP contribution in [0, 0.1) is 35.6 Å². The molecule has 0 bridgehead atoms. The van der Waals surface area contributed by atoms with E-state index in [0.29, 0.717) is 51.4 Å². The molecule has 0 aliphatic rings. The van der Waals surface area contributed by atoms with Crippen molar-refractivity contribution in [3.05, 3.63) is 208 Å². The van der Waals surface area contributed by atoms with Crippen LogP contribution >= 0.6 is 0 Å². The predicted octanol–water partition coefficient (Wildman–Crippen LogP) is 8.40. The molecule has 0 saturated carbocycles. The van der Waals surface area contributed by atoms with Crippen LogP contribution in [-0.2, 0) is 127 Å². The monoisotopic (exact) mass is 1510 g/mol. The van der Waals surface area contributed by atoms with E-state index in [-0.39, 0.29) is 134 Å². The van der Waals surface area contributed by atoms with Crippen LogP contribution in [0.4, 0.5) is 0 Å². The first-order valence-corrected chi connectivity index (χ1v) is 23.0. The molecule has 0 unspecified atom stereocenters. The number of carbonyl (C=O) groups is 2. The first-order chi connectivity index (χ1) is 36.3. The summed E-state index contributed by atoms with van der Waals surface area (Å²) in [6.45, 7) is 0. The smallest absolute Gasteiger partial charge is 0.667 e. The van der Waals surface area contributed by atoms with Crippen molar-refractivity contribution in [1.82, 2.24) is 0 Å². The van der Waals surface area contributed by atoms with E-state index in [1.165, 1.54) is 0 Å². The number of aliphatic hydroxyl groups excluding tert-OH is 5. The molecule has 24 nitrogen and oxygen atoms in total. The van der Waals surface area contributed by atoms with E-state index in [1.54, 1.807) is 0 Å². The predicted molar refractivity (Wildman–Crippen MR) is 284 cm³/mol. The van der Waals surface area contributed by atoms with Crippen molar-refractivity contribution in [3.63, 3.8) is 0 Å². The van der Waals surface area contributed by atoms with E-state index in [1.807, 2.05) is 152 Å². The molecule has 0 heterocycles. The summed E-state index contributed by atoms with van der Waals surface area (Å²) in [6.07, 6.45) is 3.30. The Balaban J connectivity index is -0.000000162. The van der Waals surface area contributed by atoms with Gasteiger partial charge in [-0.2, -0.15) is 0 Å². The number of hydrogen-bond acceptors (Lipinski definition) is 14. The molecule has 0 fully saturated rings. The Labute approximate surface area is 557 Å². The third-order valence-corrected chi connectivity index (χ3v) is 9.75. The zero-order valence-electron chi connectivity index (χ0n) is 43.3. The molecule has 0 radical (unpaired) electrons. The van der Waals surface area contributed by atoms with Crippen LogP contribution in [0.1, 0.15) is 59.9 Å². The van der Waals surface area contributed by atoms with Crippen LogP contribution in [0.15, 0.2) is 177 Å². The molecule has 0 aromatic heterocycles. The average molecular weight is 1510 g/mol. The van der Waals surface area contributed by atoms with Gasteiger partial charge in [-0.15, -0.1) is 0 Å². The van der Waals surface area contributed by atoms with Crippen molar-refractivity contribution in [1.29, 1.82) is 0 Å². The molecule has 464 valence electrons. The Bertz CT molecular complexity index is 2110. The third-order valence-electron chi connectivity index (χ3n) is 9.75. The number of benzene rings is 5. The maximum absolute atomic E-state index is 9.86. The molecule has 5 aromatic rings. The fourth-order valence-corrected chi connectivity index (χ4v) is 5.77. The number of oxime groups is 5. The Kier molecular flexibility index (Phi) is 63.9. The number of hydrogen-bond donors (Lipinski definition) is 10. The summed E-state index contributed by atoms with van der Waals surface area (Å²) in [6, 6.07) is 42.0. The van der Waals surface area contributed by atoms with E-state index >= 15 is 0 Å². The van der Waals surface area contributed by atoms with Crippen molar-refractivity contribution in [2.75, 3.05) is 0 Å². The molecule has 0 saturated heterocycles. The van der Waals surface area contributed by atoms with E-state index < -0.39 is 71.6 Å². The minimum absolute atomic E-state index is 0. The molecular weight excluding hydrogens is 1450 g/mol. The molecule has 30 heteroatoms. The maximum atomic E-state index is 9.86. The fraction of sp³-hybridized carbons (Fsp3) is 0.288. The first kappa shape index (κ1) is 90.7. The van der Waals surface area contributed by atoms with Crippen LogP contribution in [0.25, 0.3) is 28.7 Å². The van der Waals surface area contributed by atoms with Crippen molar-refractivity contribution in [3.8, 4) is 0 Å². The summed E-state index contributed by atoms with van der Waals surface area (Å²) in [5, 5.41) is 118. The summed E-state index contributed by atoms with van der Waals surface area (Å²) in [5.41, 5.74) is 41.5. The van der Waals surface area contributed by atoms with Gasteiger partial charge in [-0.05, 0) is 85.6 Å². The fourth-order valence-electron chi connectivity index (χ4n) is 5.77. The van der Waals surface area contributed by atoms with E-state index in [2.05, 4.69) is 25.8 Å². The number of aliphatic hydroxyl groups is 5. The molecule has 0 amide bonds. The van der Waals surface area contributed by atoms with E-state index in [9.17, 15) is 19.8 Å². The maximum Gasteiger partial charge on any atom is 3.00 e. The van der Waals surface area contributed by atoms with Gasteiger partial charge in [-0.3, -0.25) is 0 Å². The largest absolute Gasteiger partial charge is 3.00 e. The number of nitrogens with one attached hydrogen (secondary N) is 5. The second-order valence-electron chi connectivity index (χ2n) is 15.8. The second-order valence-corrected chi connectivity index (χ2v) is 15.8. The van der Waals surface area contributed by atoms with Crippen molar-refractivity contribution in [2.45, 2.75) is 94.4 Å². The molecule has 82 heavy (non-hydrogen) atoms. The van der Waals surface area contributed by atoms with Gasteiger partial charge in [0.15, 0.2) is 0 Å². The quantitative estimate of drug-likeness (QED) is 0.00823. The van der Waals surface area contributed by atoms with E-state index in [4.69, 9.17) is 80.2 Å². The van der Waals surface area contributed by atoms with Crippen LogP contribution < -0.4 is 10.2 Å². The van der Waals surface area contributed by atoms with Gasteiger partial charge in [0.25, 0.3) is 0 Å². The molecule has 5 atom stereocenters. The van der Waals surface area contributed by atoms with Gasteiger partial charge in [0.1, 0.15) is 0 Å². The first-order valence-electron chi connectivity index (χ1n) is 23.0. The molecule has 0 aliphatic heterocycles. The number of carbonyl (C=O) groups excluding carboxylic acids is 2. The van der Waals surface area contributed by atoms with Gasteiger partial charge in [0.2, 0.25) is 29.5 Å². The van der Waals surface area contributed by atoms with Gasteiger partial charge in [-0.1, -0.05) is 214 Å². The molecule has 15 N–H and O–H groups in total. The molecule has 0 aliphatic carbocycles. The number of aliphatic carboxylic acids is 2. The van der Waals surface area contributed by atoms with Crippen molar-refractivity contribution < 1.29 is 192 Å². The van der Waals surface area contributed by atoms with Crippen LogP contribution in [0.3, 0.4) is 0 Å². The average Bonchev–Trinajstić information content (AvgIpc) is 3.43. The number of carboxylic acids is 2. The summed E-state index contributed by atoms with van der Waals surface area (Å²) in [5.74, 6) is -4.93. The topological polar surface area (TPSA) is 463 Å². The van der Waals surface area contributed by atoms with Crippen molar-refractivity contribution in [2.24, 2.45) is 25.8 Å². The third kappa shape index (κ3) is 47.5. The Hall–Kier alpha value is -5.02. The van der Waals surface area contributed by atoms with Gasteiger partial charge < -0.3 is 100 Å². The molecule has 0 spiro atoms. The Morgan fingerprint density at radius 1 is 0.329 bits per heavy atom. The minimum atomic E-state index is -1.08. The number of unbranched alkanes of at least 4 members (excludes halogenated alkanes) is 2. The second kappa shape index (κ2) is 57.8. The standard InChI is InChI=1S/5C9H11N2O2.C7H12O4.5Cu.La/c5*10-8(9(12)11-13)6-7-4-2-1-3-5-7;8-6(9)4-2-1-3-5-7(10)11;;;;;;/h5*1-5,8,10,13H,6H2,(H,11,12);1-5H2,(H,8,9)(H,10,11);;;;;;/q5*-1;;5*+1;+3/p-2/t5*8-;;;;;;;/m00000......./s1. The summed E-state index contributed by atoms with van der Waals surface area (Å²) in [7, 11) is 0. The van der Waals surface area contributed by atoms with Gasteiger partial charge in [-0.25, -0.2) is 0 Å². The van der Waals surface area contributed by atoms with Crippen molar-refractivity contribution >= 4 is 41.4 Å². The summed E-state index contributed by atoms with van der Waals surface area (Å²) < 4.78 is 0.